The Bertz CT molecular complexity index is 563. The van der Waals surface area contributed by atoms with E-state index in [-0.39, 0.29) is 23.7 Å². The molecule has 23 heavy (non-hydrogen) atoms. The summed E-state index contributed by atoms with van der Waals surface area (Å²) in [5, 5.41) is 3.45. The van der Waals surface area contributed by atoms with Gasteiger partial charge in [-0.1, -0.05) is 17.7 Å². The topological polar surface area (TPSA) is 49.4 Å². The molecule has 0 bridgehead atoms. The molecule has 1 amide bonds. The number of nitrogens with zero attached hydrogens (tertiary/aromatic N) is 1. The monoisotopic (exact) mass is 334 g/mol. The second kappa shape index (κ2) is 8.27. The Hall–Kier alpha value is -1.65. The second-order valence-electron chi connectivity index (χ2n) is 5.89. The van der Waals surface area contributed by atoms with E-state index in [2.05, 4.69) is 16.8 Å². The van der Waals surface area contributed by atoms with E-state index in [9.17, 15) is 9.59 Å². The van der Waals surface area contributed by atoms with E-state index in [1.54, 1.807) is 30.3 Å². The number of nitrogens with one attached hydrogen (secondary N) is 1. The third-order valence-electron chi connectivity index (χ3n) is 4.38. The van der Waals surface area contributed by atoms with Crippen LogP contribution in [-0.2, 0) is 4.79 Å². The van der Waals surface area contributed by atoms with Gasteiger partial charge in [-0.2, -0.15) is 0 Å². The molecule has 0 aromatic heterocycles. The van der Waals surface area contributed by atoms with E-state index < -0.39 is 0 Å². The van der Waals surface area contributed by atoms with Gasteiger partial charge in [-0.05, 0) is 57.1 Å². The highest BCUT2D eigenvalue weighted by Gasteiger charge is 2.29. The number of hydrogen-bond donors (Lipinski definition) is 1. The van der Waals surface area contributed by atoms with Crippen LogP contribution < -0.4 is 5.32 Å². The fourth-order valence-corrected chi connectivity index (χ4v) is 3.01. The Morgan fingerprint density at radius 2 is 1.96 bits per heavy atom. The molecule has 1 aliphatic heterocycles. The van der Waals surface area contributed by atoms with Gasteiger partial charge in [0.15, 0.2) is 5.78 Å². The van der Waals surface area contributed by atoms with Gasteiger partial charge in [0.25, 0.3) is 0 Å². The van der Waals surface area contributed by atoms with Gasteiger partial charge in [0.2, 0.25) is 5.91 Å². The average molecular weight is 335 g/mol. The van der Waals surface area contributed by atoms with Crippen LogP contribution >= 0.6 is 11.6 Å². The Kier molecular flexibility index (Phi) is 6.37. The van der Waals surface area contributed by atoms with Gasteiger partial charge < -0.3 is 5.32 Å². The van der Waals surface area contributed by atoms with E-state index in [1.807, 2.05) is 6.92 Å². The summed E-state index contributed by atoms with van der Waals surface area (Å²) in [6, 6.07) is 6.87. The summed E-state index contributed by atoms with van der Waals surface area (Å²) in [5.74, 6) is 0.202. The SMILES string of the molecule is C=CCNC(=O)[C@@H](C)N1CCC(C(=O)c2ccc(Cl)cc2)CC1. The number of Topliss-reactive ketones (excluding diaryl/α,β-unsaturated/α-hetero) is 1. The summed E-state index contributed by atoms with van der Waals surface area (Å²) in [6.45, 7) is 7.49. The molecule has 4 nitrogen and oxygen atoms in total. The van der Waals surface area contributed by atoms with Crippen molar-refractivity contribution in [2.24, 2.45) is 5.92 Å². The van der Waals surface area contributed by atoms with Crippen LogP contribution in [0, 0.1) is 5.92 Å². The molecule has 1 saturated heterocycles. The van der Waals surface area contributed by atoms with Crippen molar-refractivity contribution in [1.29, 1.82) is 0 Å². The molecule has 0 radical (unpaired) electrons. The molecular weight excluding hydrogens is 312 g/mol. The quantitative estimate of drug-likeness (QED) is 0.643. The summed E-state index contributed by atoms with van der Waals surface area (Å²) in [6.07, 6.45) is 3.22. The summed E-state index contributed by atoms with van der Waals surface area (Å²) < 4.78 is 0. The first-order valence-electron chi connectivity index (χ1n) is 7.95. The Morgan fingerprint density at radius 1 is 1.35 bits per heavy atom. The number of hydrogen-bond acceptors (Lipinski definition) is 3. The lowest BCUT2D eigenvalue weighted by Crippen LogP contribution is -2.49. The van der Waals surface area contributed by atoms with Crippen LogP contribution in [0.25, 0.3) is 0 Å². The van der Waals surface area contributed by atoms with Gasteiger partial charge in [-0.3, -0.25) is 14.5 Å². The maximum absolute atomic E-state index is 12.5. The predicted octanol–water partition coefficient (Wildman–Crippen LogP) is 2.93. The predicted molar refractivity (Wildman–Crippen MR) is 92.7 cm³/mol. The van der Waals surface area contributed by atoms with Crippen molar-refractivity contribution >= 4 is 23.3 Å². The smallest absolute Gasteiger partial charge is 0.237 e. The number of amides is 1. The summed E-state index contributed by atoms with van der Waals surface area (Å²) in [5.41, 5.74) is 0.713. The van der Waals surface area contributed by atoms with Gasteiger partial charge in [0.1, 0.15) is 0 Å². The minimum Gasteiger partial charge on any atom is -0.351 e. The van der Waals surface area contributed by atoms with Gasteiger partial charge in [-0.15, -0.1) is 6.58 Å². The zero-order chi connectivity index (χ0) is 16.8. The number of likely N-dealkylation sites (tertiary alicyclic amines) is 1. The molecule has 0 unspecified atom stereocenters. The first-order valence-corrected chi connectivity index (χ1v) is 8.33. The first-order chi connectivity index (χ1) is 11.0. The maximum Gasteiger partial charge on any atom is 0.237 e. The van der Waals surface area contributed by atoms with Crippen molar-refractivity contribution in [2.75, 3.05) is 19.6 Å². The standard InChI is InChI=1S/C18H23ClN2O2/c1-3-10-20-18(23)13(2)21-11-8-15(9-12-21)17(22)14-4-6-16(19)7-5-14/h3-7,13,15H,1,8-12H2,2H3,(H,20,23)/t13-/m1/s1. The van der Waals surface area contributed by atoms with Crippen LogP contribution in [0.3, 0.4) is 0 Å². The minimum atomic E-state index is -0.179. The van der Waals surface area contributed by atoms with Crippen molar-refractivity contribution in [2.45, 2.75) is 25.8 Å². The Morgan fingerprint density at radius 3 is 2.52 bits per heavy atom. The lowest BCUT2D eigenvalue weighted by molar-refractivity contribution is -0.126. The molecule has 1 aliphatic rings. The van der Waals surface area contributed by atoms with Crippen LogP contribution in [0.1, 0.15) is 30.1 Å². The summed E-state index contributed by atoms with van der Waals surface area (Å²) in [7, 11) is 0. The normalized spacial score (nSPS) is 17.5. The van der Waals surface area contributed by atoms with E-state index in [0.717, 1.165) is 25.9 Å². The third-order valence-corrected chi connectivity index (χ3v) is 4.63. The van der Waals surface area contributed by atoms with Gasteiger partial charge in [0, 0.05) is 23.0 Å². The van der Waals surface area contributed by atoms with Crippen LogP contribution in [0.5, 0.6) is 0 Å². The van der Waals surface area contributed by atoms with Crippen LogP contribution in [0.2, 0.25) is 5.02 Å². The number of carbonyl (C=O) groups excluding carboxylic acids is 2. The second-order valence-corrected chi connectivity index (χ2v) is 6.33. The number of rotatable bonds is 6. The van der Waals surface area contributed by atoms with Gasteiger partial charge in [0.05, 0.1) is 6.04 Å². The van der Waals surface area contributed by atoms with Crippen molar-refractivity contribution in [3.8, 4) is 0 Å². The van der Waals surface area contributed by atoms with E-state index >= 15 is 0 Å². The first kappa shape index (κ1) is 17.7. The molecule has 1 N–H and O–H groups in total. The molecule has 0 saturated carbocycles. The Balaban J connectivity index is 1.88. The molecule has 0 aliphatic carbocycles. The average Bonchev–Trinajstić information content (AvgIpc) is 2.59. The Labute approximate surface area is 142 Å². The fraction of sp³-hybridized carbons (Fsp3) is 0.444. The van der Waals surface area contributed by atoms with E-state index in [0.29, 0.717) is 17.1 Å². The fourth-order valence-electron chi connectivity index (χ4n) is 2.89. The van der Waals surface area contributed by atoms with Crippen molar-refractivity contribution in [3.63, 3.8) is 0 Å². The largest absolute Gasteiger partial charge is 0.351 e. The van der Waals surface area contributed by atoms with Crippen LogP contribution in [0.15, 0.2) is 36.9 Å². The molecule has 1 fully saturated rings. The molecular formula is C18H23ClN2O2. The lowest BCUT2D eigenvalue weighted by atomic mass is 9.88. The van der Waals surface area contributed by atoms with Crippen LogP contribution in [-0.4, -0.2) is 42.3 Å². The highest BCUT2D eigenvalue weighted by Crippen LogP contribution is 2.23. The lowest BCUT2D eigenvalue weighted by Gasteiger charge is -2.34. The molecule has 124 valence electrons. The highest BCUT2D eigenvalue weighted by atomic mass is 35.5. The molecule has 0 spiro atoms. The molecule has 2 rings (SSSR count). The van der Waals surface area contributed by atoms with Crippen molar-refractivity contribution in [3.05, 3.63) is 47.5 Å². The summed E-state index contributed by atoms with van der Waals surface area (Å²) >= 11 is 5.86. The molecule has 5 heteroatoms. The molecule has 1 aromatic carbocycles. The molecule has 1 aromatic rings. The third kappa shape index (κ3) is 4.66. The van der Waals surface area contributed by atoms with E-state index in [1.165, 1.54) is 0 Å². The number of carbonyl (C=O) groups is 2. The maximum atomic E-state index is 12.5. The summed E-state index contributed by atoms with van der Waals surface area (Å²) in [4.78, 5) is 26.6. The van der Waals surface area contributed by atoms with E-state index in [4.69, 9.17) is 11.6 Å². The molecule has 1 heterocycles. The van der Waals surface area contributed by atoms with Gasteiger partial charge >= 0.3 is 0 Å². The highest BCUT2D eigenvalue weighted by molar-refractivity contribution is 6.30. The zero-order valence-corrected chi connectivity index (χ0v) is 14.2. The van der Waals surface area contributed by atoms with Crippen LogP contribution in [0.4, 0.5) is 0 Å². The van der Waals surface area contributed by atoms with Crippen molar-refractivity contribution in [1.82, 2.24) is 10.2 Å². The number of piperidine rings is 1. The number of halogens is 1. The minimum absolute atomic E-state index is 0.00683. The molecule has 1 atom stereocenters. The number of ketones is 1. The van der Waals surface area contributed by atoms with Crippen molar-refractivity contribution < 1.29 is 9.59 Å². The number of benzene rings is 1. The zero-order valence-electron chi connectivity index (χ0n) is 13.4. The van der Waals surface area contributed by atoms with Gasteiger partial charge in [-0.25, -0.2) is 0 Å².